The molecule has 11 nitrogen and oxygen atoms in total. The van der Waals surface area contributed by atoms with Gasteiger partial charge in [0.2, 0.25) is 5.91 Å². The van der Waals surface area contributed by atoms with Crippen LogP contribution in [0, 0.1) is 60.8 Å². The average molecular weight is 881 g/mol. The first-order valence-corrected chi connectivity index (χ1v) is 16.2. The van der Waals surface area contributed by atoms with E-state index in [2.05, 4.69) is 5.32 Å². The Morgan fingerprint density at radius 2 is 1.71 bits per heavy atom. The van der Waals surface area contributed by atoms with Crippen molar-refractivity contribution >= 4 is 23.6 Å². The number of nitrogens with one attached hydrogen (secondary N) is 1. The first-order valence-electron chi connectivity index (χ1n) is 16.2. The van der Waals surface area contributed by atoms with Crippen molar-refractivity contribution in [3.8, 4) is 0 Å². The second kappa shape index (κ2) is 14.0. The largest absolute Gasteiger partial charge is 0.456 e. The molecule has 2 bridgehead atoms. The van der Waals surface area contributed by atoms with Gasteiger partial charge in [0, 0.05) is 80.6 Å². The third-order valence-corrected chi connectivity index (χ3v) is 11.2. The summed E-state index contributed by atoms with van der Waals surface area (Å²) in [5.74, 6) is -3.47. The fourth-order valence-electron chi connectivity index (χ4n) is 8.37. The summed E-state index contributed by atoms with van der Waals surface area (Å²) < 4.78 is 17.9. The first kappa shape index (κ1) is 38.9. The van der Waals surface area contributed by atoms with Crippen LogP contribution in [-0.2, 0) is 28.6 Å². The number of benzene rings is 1. The van der Waals surface area contributed by atoms with E-state index in [1.807, 2.05) is 0 Å². The fraction of sp³-hybridized carbons (Fsp3) is 0.611. The van der Waals surface area contributed by atoms with Gasteiger partial charge in [0.05, 0.1) is 24.3 Å². The number of hydrogen-bond donors (Lipinski definition) is 4. The number of hydrogen-bond acceptors (Lipinski definition) is 10. The first-order chi connectivity index (χ1) is 21.9. The third kappa shape index (κ3) is 6.51. The van der Waals surface area contributed by atoms with Crippen LogP contribution in [-0.4, -0.2) is 87.2 Å². The summed E-state index contributed by atoms with van der Waals surface area (Å²) in [6.07, 6.45) is -2.96. The number of fused-ring (bicyclic) bond motifs is 5. The Balaban J connectivity index is 0.00000520. The van der Waals surface area contributed by atoms with Gasteiger partial charge in [0.25, 0.3) is 0 Å². The topological polar surface area (TPSA) is 169 Å². The van der Waals surface area contributed by atoms with Crippen molar-refractivity contribution in [2.24, 2.45) is 16.7 Å². The molecular weight excluding hydrogens is 833 g/mol. The Hall–Kier alpha value is -1.94. The van der Waals surface area contributed by atoms with Crippen LogP contribution >= 0.6 is 0 Å². The van der Waals surface area contributed by atoms with Crippen molar-refractivity contribution in [1.29, 1.82) is 0 Å². The van der Waals surface area contributed by atoms with Crippen LogP contribution in [0.15, 0.2) is 53.1 Å². The molecule has 7 unspecified atom stereocenters. The molecule has 12 heteroatoms. The number of aliphatic hydroxyl groups excluding tert-OH is 1. The zero-order chi connectivity index (χ0) is 34.7. The predicted octanol–water partition coefficient (Wildman–Crippen LogP) is 2.95. The molecule has 259 valence electrons. The minimum absolute atomic E-state index is 0. The van der Waals surface area contributed by atoms with Crippen LogP contribution in [0.25, 0.3) is 0 Å². The molecule has 1 saturated heterocycles. The molecule has 3 fully saturated rings. The smallest absolute Gasteiger partial charge is 0.338 e. The Morgan fingerprint density at radius 1 is 1.06 bits per heavy atom. The van der Waals surface area contributed by atoms with E-state index in [4.69, 9.17) is 14.2 Å². The van der Waals surface area contributed by atoms with Gasteiger partial charge in [-0.3, -0.25) is 9.59 Å². The van der Waals surface area contributed by atoms with Gasteiger partial charge < -0.3 is 34.8 Å². The van der Waals surface area contributed by atoms with Gasteiger partial charge in [-0.15, -0.1) is 0 Å². The molecular formula is C36H47AcNO10. The van der Waals surface area contributed by atoms with E-state index in [1.54, 1.807) is 78.0 Å². The predicted molar refractivity (Wildman–Crippen MR) is 170 cm³/mol. The molecule has 0 aromatic heterocycles. The quantitative estimate of drug-likeness (QED) is 0.236. The number of esters is 2. The molecule has 4 N–H and O–H groups in total. The summed E-state index contributed by atoms with van der Waals surface area (Å²) in [5, 5.41) is 38.8. The molecule has 1 aliphatic heterocycles. The molecule has 1 amide bonds. The van der Waals surface area contributed by atoms with Crippen LogP contribution in [0.3, 0.4) is 0 Å². The Bertz CT molecular complexity index is 1520. The number of carbonyl (C=O) groups is 4. The standard InChI is InChI=1S/C36H47NO10.Ac/c1-19(2)15-24(37-21(4)38)28(40)32(42)46-25-17-36(44)30(47-31(41)22-11-9-8-10-12-22)29-34(7,14-13-27-35(29,43)18-45-27)26(39)16-23(20(25)3)33(36,5)6;/h8-12,15,24-25,27-30,40,43-44H,13-14,16-18H2,1-7H3,(H,37,38);/t24?,25?,27?,28?,29?,30?,34-,35-,36?;/m0./s1. The number of Topliss-reactive ketones (excluding diaryl/α,β-unsaturated/α-hetero) is 1. The average Bonchev–Trinajstić information content (AvgIpc) is 2.99. The van der Waals surface area contributed by atoms with Gasteiger partial charge in [-0.25, -0.2) is 9.59 Å². The maximum atomic E-state index is 14.4. The van der Waals surface area contributed by atoms with Gasteiger partial charge in [0.15, 0.2) is 6.10 Å². The molecule has 48 heavy (non-hydrogen) atoms. The number of ether oxygens (including phenoxy) is 3. The van der Waals surface area contributed by atoms with Crippen molar-refractivity contribution in [2.75, 3.05) is 6.61 Å². The minimum atomic E-state index is -1.96. The SMILES string of the molecule is CC(=O)NC(C=C(C)C)C(O)C(=O)OC1CC2(O)C(OC(=O)c3ccccc3)C3[C@]4(O)COC4CC[C@@]3(C)C(=O)CC(=C1C)C2(C)C.[Ac]. The molecule has 4 aliphatic rings. The van der Waals surface area contributed by atoms with Crippen LogP contribution in [0.2, 0.25) is 0 Å². The molecule has 9 atom stereocenters. The van der Waals surface area contributed by atoms with Crippen LogP contribution < -0.4 is 5.32 Å². The summed E-state index contributed by atoms with van der Waals surface area (Å²) in [5.41, 5.74) is -3.84. The summed E-state index contributed by atoms with van der Waals surface area (Å²) in [7, 11) is 0. The fourth-order valence-corrected chi connectivity index (χ4v) is 8.37. The molecule has 1 aromatic rings. The summed E-state index contributed by atoms with van der Waals surface area (Å²) in [6, 6.07) is 7.20. The number of allylic oxidation sites excluding steroid dienone is 1. The Morgan fingerprint density at radius 3 is 2.27 bits per heavy atom. The van der Waals surface area contributed by atoms with Crippen molar-refractivity contribution in [2.45, 2.75) is 116 Å². The molecule has 0 spiro atoms. The van der Waals surface area contributed by atoms with Gasteiger partial charge in [0.1, 0.15) is 29.2 Å². The minimum Gasteiger partial charge on any atom is -0.456 e. The van der Waals surface area contributed by atoms with Crippen molar-refractivity contribution in [3.05, 3.63) is 58.7 Å². The van der Waals surface area contributed by atoms with Gasteiger partial charge in [-0.1, -0.05) is 56.2 Å². The van der Waals surface area contributed by atoms with E-state index in [-0.39, 0.29) is 74.9 Å². The van der Waals surface area contributed by atoms with Crippen molar-refractivity contribution in [3.63, 3.8) is 0 Å². The van der Waals surface area contributed by atoms with Crippen LogP contribution in [0.5, 0.6) is 0 Å². The zero-order valence-corrected chi connectivity index (χ0v) is 33.5. The van der Waals surface area contributed by atoms with Crippen molar-refractivity contribution in [1.82, 2.24) is 5.32 Å². The van der Waals surface area contributed by atoms with E-state index in [0.29, 0.717) is 24.0 Å². The molecule has 2 saturated carbocycles. The number of ketones is 1. The summed E-state index contributed by atoms with van der Waals surface area (Å²) in [6.45, 7) is 11.7. The Labute approximate surface area is 317 Å². The maximum Gasteiger partial charge on any atom is 0.338 e. The second-order valence-electron chi connectivity index (χ2n) is 14.8. The van der Waals surface area contributed by atoms with E-state index in [0.717, 1.165) is 5.57 Å². The number of amides is 1. The number of rotatable bonds is 7. The van der Waals surface area contributed by atoms with Crippen molar-refractivity contribution < 1.29 is 92.8 Å². The molecule has 3 aliphatic carbocycles. The molecule has 1 radical (unpaired) electrons. The van der Waals surface area contributed by atoms with Crippen LogP contribution in [0.4, 0.5) is 0 Å². The molecule has 1 aromatic carbocycles. The monoisotopic (exact) mass is 880 g/mol. The third-order valence-electron chi connectivity index (χ3n) is 11.2. The summed E-state index contributed by atoms with van der Waals surface area (Å²) >= 11 is 0. The second-order valence-corrected chi connectivity index (χ2v) is 14.8. The van der Waals surface area contributed by atoms with Gasteiger partial charge >= 0.3 is 11.9 Å². The van der Waals surface area contributed by atoms with Crippen LogP contribution in [0.1, 0.15) is 84.5 Å². The summed E-state index contributed by atoms with van der Waals surface area (Å²) in [4.78, 5) is 53.5. The molecule has 5 rings (SSSR count). The van der Waals surface area contributed by atoms with Gasteiger partial charge in [-0.05, 0) is 51.3 Å². The van der Waals surface area contributed by atoms with E-state index in [9.17, 15) is 34.5 Å². The van der Waals surface area contributed by atoms with E-state index >= 15 is 0 Å². The normalized spacial score (nSPS) is 34.7. The Kier molecular flexibility index (Phi) is 11.3. The maximum absolute atomic E-state index is 14.4. The van der Waals surface area contributed by atoms with E-state index in [1.165, 1.54) is 6.92 Å². The van der Waals surface area contributed by atoms with E-state index < -0.39 is 76.3 Å². The zero-order valence-electron chi connectivity index (χ0n) is 28.7. The molecule has 1 heterocycles. The number of carbonyl (C=O) groups excluding carboxylic acids is 4. The van der Waals surface area contributed by atoms with Gasteiger partial charge in [-0.2, -0.15) is 0 Å². The number of aliphatic hydroxyl groups is 3.